The molecule has 1 saturated heterocycles. The number of alkyl carbamates (subject to hydrolysis) is 1. The number of carbonyl (C=O) groups is 4. The highest BCUT2D eigenvalue weighted by Crippen LogP contribution is 2.19. The number of carboxylic acid groups (broad SMARTS) is 1. The summed E-state index contributed by atoms with van der Waals surface area (Å²) < 4.78 is 5.07. The SMILES string of the molecule is CC(CC(C(=O)O)N1C(=O)CCC1=O)NC(=O)OC(C)(C)C. The van der Waals surface area contributed by atoms with Gasteiger partial charge in [0, 0.05) is 18.9 Å². The van der Waals surface area contributed by atoms with Crippen LogP contribution in [0, 0.1) is 0 Å². The third kappa shape index (κ3) is 5.01. The summed E-state index contributed by atoms with van der Waals surface area (Å²) in [6, 6.07) is -1.86. The molecule has 2 N–H and O–H groups in total. The summed E-state index contributed by atoms with van der Waals surface area (Å²) in [7, 11) is 0. The first kappa shape index (κ1) is 17.9. The summed E-state index contributed by atoms with van der Waals surface area (Å²) in [6.45, 7) is 6.71. The van der Waals surface area contributed by atoms with Crippen LogP contribution in [0.2, 0.25) is 0 Å². The molecule has 2 unspecified atom stereocenters. The van der Waals surface area contributed by atoms with E-state index >= 15 is 0 Å². The molecule has 0 radical (unpaired) electrons. The fourth-order valence-corrected chi connectivity index (χ4v) is 2.16. The topological polar surface area (TPSA) is 113 Å². The molecule has 0 aromatic rings. The van der Waals surface area contributed by atoms with Gasteiger partial charge in [0.05, 0.1) is 0 Å². The Bertz CT molecular complexity index is 466. The van der Waals surface area contributed by atoms with E-state index in [9.17, 15) is 24.3 Å². The molecule has 8 heteroatoms. The third-order valence-corrected chi connectivity index (χ3v) is 3.03. The van der Waals surface area contributed by atoms with Gasteiger partial charge in [-0.25, -0.2) is 9.59 Å². The Morgan fingerprint density at radius 3 is 2.18 bits per heavy atom. The molecule has 1 aliphatic rings. The first-order valence-corrected chi connectivity index (χ1v) is 7.08. The van der Waals surface area contributed by atoms with E-state index in [0.29, 0.717) is 0 Å². The smallest absolute Gasteiger partial charge is 0.407 e. The van der Waals surface area contributed by atoms with Crippen LogP contribution >= 0.6 is 0 Å². The molecule has 0 saturated carbocycles. The van der Waals surface area contributed by atoms with Crippen molar-refractivity contribution >= 4 is 23.9 Å². The van der Waals surface area contributed by atoms with E-state index in [4.69, 9.17) is 4.74 Å². The number of hydrogen-bond acceptors (Lipinski definition) is 5. The maximum Gasteiger partial charge on any atom is 0.407 e. The number of amides is 3. The molecular formula is C14H22N2O6. The number of carboxylic acids is 1. The minimum absolute atomic E-state index is 0.0243. The number of rotatable bonds is 5. The molecular weight excluding hydrogens is 292 g/mol. The molecule has 1 heterocycles. The highest BCUT2D eigenvalue weighted by molar-refractivity contribution is 6.04. The predicted octanol–water partition coefficient (Wildman–Crippen LogP) is 0.892. The van der Waals surface area contributed by atoms with Crippen LogP contribution in [-0.4, -0.2) is 51.6 Å². The van der Waals surface area contributed by atoms with E-state index in [1.807, 2.05) is 0 Å². The van der Waals surface area contributed by atoms with Crippen molar-refractivity contribution < 1.29 is 29.0 Å². The van der Waals surface area contributed by atoms with Gasteiger partial charge in [-0.1, -0.05) is 0 Å². The number of hydrogen-bond donors (Lipinski definition) is 2. The number of nitrogens with one attached hydrogen (secondary N) is 1. The predicted molar refractivity (Wildman–Crippen MR) is 76.0 cm³/mol. The Morgan fingerprint density at radius 1 is 1.27 bits per heavy atom. The summed E-state index contributed by atoms with van der Waals surface area (Å²) in [5, 5.41) is 11.7. The van der Waals surface area contributed by atoms with Gasteiger partial charge in [-0.05, 0) is 34.1 Å². The molecule has 2 atom stereocenters. The van der Waals surface area contributed by atoms with Crippen LogP contribution in [0.25, 0.3) is 0 Å². The lowest BCUT2D eigenvalue weighted by Gasteiger charge is -2.26. The summed E-state index contributed by atoms with van der Waals surface area (Å²) in [4.78, 5) is 47.1. The van der Waals surface area contributed by atoms with E-state index in [0.717, 1.165) is 4.90 Å². The molecule has 1 aliphatic heterocycles. The van der Waals surface area contributed by atoms with Crippen molar-refractivity contribution in [1.29, 1.82) is 0 Å². The second kappa shape index (κ2) is 6.76. The van der Waals surface area contributed by atoms with Crippen molar-refractivity contribution in [3.8, 4) is 0 Å². The van der Waals surface area contributed by atoms with E-state index < -0.39 is 41.6 Å². The number of nitrogens with zero attached hydrogens (tertiary/aromatic N) is 1. The van der Waals surface area contributed by atoms with Crippen LogP contribution < -0.4 is 5.32 Å². The Morgan fingerprint density at radius 2 is 1.77 bits per heavy atom. The molecule has 1 fully saturated rings. The van der Waals surface area contributed by atoms with Gasteiger partial charge in [0.1, 0.15) is 11.6 Å². The van der Waals surface area contributed by atoms with Crippen molar-refractivity contribution in [3.05, 3.63) is 0 Å². The van der Waals surface area contributed by atoms with Gasteiger partial charge >= 0.3 is 12.1 Å². The van der Waals surface area contributed by atoms with Crippen LogP contribution in [0.15, 0.2) is 0 Å². The Hall–Kier alpha value is -2.12. The zero-order valence-electron chi connectivity index (χ0n) is 13.2. The van der Waals surface area contributed by atoms with Gasteiger partial charge in [0.2, 0.25) is 11.8 Å². The first-order chi connectivity index (χ1) is 10.0. The fraction of sp³-hybridized carbons (Fsp3) is 0.714. The van der Waals surface area contributed by atoms with Crippen molar-refractivity contribution in [1.82, 2.24) is 10.2 Å². The van der Waals surface area contributed by atoms with Gasteiger partial charge in [-0.3, -0.25) is 14.5 Å². The second-order valence-corrected chi connectivity index (χ2v) is 6.29. The molecule has 3 amide bonds. The van der Waals surface area contributed by atoms with Crippen LogP contribution in [0.1, 0.15) is 47.0 Å². The average molecular weight is 314 g/mol. The first-order valence-electron chi connectivity index (χ1n) is 7.08. The summed E-state index contributed by atoms with van der Waals surface area (Å²) in [6.07, 6.45) is -0.706. The van der Waals surface area contributed by atoms with E-state index in [1.54, 1.807) is 27.7 Å². The summed E-state index contributed by atoms with van der Waals surface area (Å²) in [5.41, 5.74) is -0.670. The zero-order chi connectivity index (χ0) is 17.1. The summed E-state index contributed by atoms with van der Waals surface area (Å²) >= 11 is 0. The minimum Gasteiger partial charge on any atom is -0.480 e. The van der Waals surface area contributed by atoms with Crippen molar-refractivity contribution in [2.24, 2.45) is 0 Å². The number of ether oxygens (including phenoxy) is 1. The zero-order valence-corrected chi connectivity index (χ0v) is 13.2. The number of carbonyl (C=O) groups excluding carboxylic acids is 3. The molecule has 124 valence electrons. The molecule has 0 aromatic heterocycles. The van der Waals surface area contributed by atoms with Crippen LogP contribution in [0.5, 0.6) is 0 Å². The van der Waals surface area contributed by atoms with Gasteiger partial charge in [-0.15, -0.1) is 0 Å². The molecule has 0 spiro atoms. The third-order valence-electron chi connectivity index (χ3n) is 3.03. The van der Waals surface area contributed by atoms with Crippen molar-refractivity contribution in [2.45, 2.75) is 64.6 Å². The molecule has 22 heavy (non-hydrogen) atoms. The van der Waals surface area contributed by atoms with Crippen LogP contribution in [0.4, 0.5) is 4.79 Å². The van der Waals surface area contributed by atoms with Gasteiger partial charge in [0.15, 0.2) is 0 Å². The lowest BCUT2D eigenvalue weighted by molar-refractivity contribution is -0.154. The van der Waals surface area contributed by atoms with E-state index in [-0.39, 0.29) is 19.3 Å². The maximum atomic E-state index is 11.7. The second-order valence-electron chi connectivity index (χ2n) is 6.29. The Balaban J connectivity index is 2.68. The Labute approximate surface area is 128 Å². The standard InChI is InChI=1S/C14H22N2O6/c1-8(15-13(21)22-14(2,3)4)7-9(12(19)20)16-10(17)5-6-11(16)18/h8-9H,5-7H2,1-4H3,(H,15,21)(H,19,20). The van der Waals surface area contributed by atoms with Crippen LogP contribution in [0.3, 0.4) is 0 Å². The average Bonchev–Trinajstić information content (AvgIpc) is 2.63. The van der Waals surface area contributed by atoms with Gasteiger partial charge < -0.3 is 15.2 Å². The van der Waals surface area contributed by atoms with E-state index in [1.165, 1.54) is 0 Å². The highest BCUT2D eigenvalue weighted by Gasteiger charge is 2.39. The lowest BCUT2D eigenvalue weighted by Crippen LogP contribution is -2.48. The fourth-order valence-electron chi connectivity index (χ4n) is 2.16. The lowest BCUT2D eigenvalue weighted by atomic mass is 10.1. The van der Waals surface area contributed by atoms with Crippen molar-refractivity contribution in [2.75, 3.05) is 0 Å². The number of aliphatic carboxylic acids is 1. The summed E-state index contributed by atoms with van der Waals surface area (Å²) in [5.74, 6) is -2.27. The number of imide groups is 1. The highest BCUT2D eigenvalue weighted by atomic mass is 16.6. The molecule has 0 aromatic carbocycles. The quantitative estimate of drug-likeness (QED) is 0.729. The minimum atomic E-state index is -1.28. The molecule has 8 nitrogen and oxygen atoms in total. The molecule has 0 bridgehead atoms. The normalized spacial score (nSPS) is 18.1. The van der Waals surface area contributed by atoms with Gasteiger partial charge in [0.25, 0.3) is 0 Å². The van der Waals surface area contributed by atoms with Gasteiger partial charge in [-0.2, -0.15) is 0 Å². The van der Waals surface area contributed by atoms with Crippen molar-refractivity contribution in [3.63, 3.8) is 0 Å². The number of likely N-dealkylation sites (tertiary alicyclic amines) is 1. The maximum absolute atomic E-state index is 11.7. The van der Waals surface area contributed by atoms with Crippen LogP contribution in [-0.2, 0) is 19.1 Å². The van der Waals surface area contributed by atoms with E-state index in [2.05, 4.69) is 5.32 Å². The monoisotopic (exact) mass is 314 g/mol. The Kier molecular flexibility index (Phi) is 5.51. The largest absolute Gasteiger partial charge is 0.480 e. The molecule has 0 aliphatic carbocycles. The molecule has 1 rings (SSSR count).